The van der Waals surface area contributed by atoms with E-state index in [-0.39, 0.29) is 28.4 Å². The zero-order valence-electron chi connectivity index (χ0n) is 5.88. The minimum Gasteiger partial charge on any atom is -0.189 e. The molecule has 5 heteroatoms. The van der Waals surface area contributed by atoms with Crippen molar-refractivity contribution in [2.75, 3.05) is 0 Å². The van der Waals surface area contributed by atoms with Crippen LogP contribution in [0.5, 0.6) is 0 Å². The van der Waals surface area contributed by atoms with Crippen LogP contribution in [0.1, 0.15) is 0 Å². The highest BCUT2D eigenvalue weighted by Crippen LogP contribution is 2.42. The van der Waals surface area contributed by atoms with Crippen LogP contribution in [0.15, 0.2) is 30.3 Å². The van der Waals surface area contributed by atoms with Gasteiger partial charge in [0.15, 0.2) is 5.30 Å². The smallest absolute Gasteiger partial charge is 0.189 e. The third kappa shape index (κ3) is 3.47. The summed E-state index contributed by atoms with van der Waals surface area (Å²) in [6.45, 7) is 0. The molecule has 0 bridgehead atoms. The molecule has 0 saturated heterocycles. The topological polar surface area (TPSA) is 60.7 Å². The molecule has 0 aliphatic rings. The number of benzene rings is 1. The Bertz CT molecular complexity index is 209. The second-order valence-electron chi connectivity index (χ2n) is 1.90. The Hall–Kier alpha value is 0.296. The van der Waals surface area contributed by atoms with Gasteiger partial charge in [-0.3, -0.25) is 0 Å². The standard InChI is InChI=1S/C6H8O3P.Mg/c7-10(8,9)6-4-2-1-3-5-6;/h1-5,7-9H;/q+1;. The Labute approximate surface area is 81.4 Å². The molecule has 1 aromatic rings. The largest absolute Gasteiger partial charge is 0.440 e. The summed E-state index contributed by atoms with van der Waals surface area (Å²) >= 11 is 0. The molecule has 0 spiro atoms. The molecule has 0 amide bonds. The molecule has 11 heavy (non-hydrogen) atoms. The summed E-state index contributed by atoms with van der Waals surface area (Å²) in [5.74, 6) is 0. The lowest BCUT2D eigenvalue weighted by Gasteiger charge is -2.00. The van der Waals surface area contributed by atoms with Gasteiger partial charge >= 0.3 is 7.94 Å². The number of hydrogen-bond acceptors (Lipinski definition) is 3. The monoisotopic (exact) mass is 183 g/mol. The average molecular weight is 183 g/mol. The van der Waals surface area contributed by atoms with Crippen molar-refractivity contribution in [2.45, 2.75) is 0 Å². The van der Waals surface area contributed by atoms with Crippen LogP contribution in [0, 0.1) is 0 Å². The van der Waals surface area contributed by atoms with E-state index in [2.05, 4.69) is 0 Å². The first-order valence-electron chi connectivity index (χ1n) is 2.73. The first-order chi connectivity index (χ1) is 4.61. The summed E-state index contributed by atoms with van der Waals surface area (Å²) in [5.41, 5.74) is 0. The maximum absolute atomic E-state index is 8.71. The predicted molar refractivity (Wildman–Crippen MR) is 45.4 cm³/mol. The van der Waals surface area contributed by atoms with Crippen molar-refractivity contribution in [2.24, 2.45) is 0 Å². The molecule has 0 aromatic heterocycles. The van der Waals surface area contributed by atoms with E-state index in [1.807, 2.05) is 0 Å². The van der Waals surface area contributed by atoms with Gasteiger partial charge in [0.25, 0.3) is 0 Å². The van der Waals surface area contributed by atoms with E-state index in [0.29, 0.717) is 0 Å². The first-order valence-corrected chi connectivity index (χ1v) is 4.38. The normalized spacial score (nSPS) is 10.5. The van der Waals surface area contributed by atoms with Gasteiger partial charge in [-0.1, -0.05) is 18.2 Å². The summed E-state index contributed by atoms with van der Waals surface area (Å²) in [5, 5.41) is 0.176. The molecule has 0 aliphatic carbocycles. The van der Waals surface area contributed by atoms with Crippen LogP contribution in [-0.2, 0) is 0 Å². The quantitative estimate of drug-likeness (QED) is 0.413. The second-order valence-corrected chi connectivity index (χ2v) is 3.56. The van der Waals surface area contributed by atoms with E-state index in [1.54, 1.807) is 18.2 Å². The third-order valence-corrected chi connectivity index (χ3v) is 2.09. The maximum atomic E-state index is 8.71. The van der Waals surface area contributed by atoms with E-state index >= 15 is 0 Å². The highest BCUT2D eigenvalue weighted by atomic mass is 31.2. The minimum absolute atomic E-state index is 0. The van der Waals surface area contributed by atoms with Crippen molar-refractivity contribution in [3.8, 4) is 0 Å². The molecule has 0 unspecified atom stereocenters. The Kier molecular flexibility index (Phi) is 4.47. The van der Waals surface area contributed by atoms with Crippen LogP contribution in [-0.4, -0.2) is 37.7 Å². The lowest BCUT2D eigenvalue weighted by Crippen LogP contribution is -2.07. The van der Waals surface area contributed by atoms with Crippen molar-refractivity contribution in [1.82, 2.24) is 0 Å². The van der Waals surface area contributed by atoms with Crippen molar-refractivity contribution in [3.05, 3.63) is 30.3 Å². The van der Waals surface area contributed by atoms with Crippen LogP contribution in [0.25, 0.3) is 0 Å². The molecular weight excluding hydrogens is 175 g/mol. The maximum Gasteiger partial charge on any atom is 0.440 e. The second kappa shape index (κ2) is 4.35. The molecule has 3 nitrogen and oxygen atoms in total. The van der Waals surface area contributed by atoms with Gasteiger partial charge in [0.1, 0.15) is 0 Å². The third-order valence-electron chi connectivity index (χ3n) is 1.10. The fourth-order valence-corrected chi connectivity index (χ4v) is 1.20. The van der Waals surface area contributed by atoms with Crippen molar-refractivity contribution >= 4 is 36.3 Å². The van der Waals surface area contributed by atoms with Gasteiger partial charge in [-0.25, -0.2) is 0 Å². The van der Waals surface area contributed by atoms with Gasteiger partial charge < -0.3 is 0 Å². The molecule has 56 valence electrons. The average Bonchev–Trinajstić information content (AvgIpc) is 1.88. The zero-order valence-corrected chi connectivity index (χ0v) is 8.19. The van der Waals surface area contributed by atoms with Crippen molar-refractivity contribution in [1.29, 1.82) is 0 Å². The minimum atomic E-state index is -3.77. The van der Waals surface area contributed by atoms with E-state index in [4.69, 9.17) is 14.7 Å². The Morgan fingerprint density at radius 3 is 1.64 bits per heavy atom. The van der Waals surface area contributed by atoms with Crippen molar-refractivity contribution < 1.29 is 14.7 Å². The first kappa shape index (κ1) is 11.3. The van der Waals surface area contributed by atoms with E-state index in [0.717, 1.165) is 0 Å². The number of rotatable bonds is 1. The fraction of sp³-hybridized carbons (Fsp3) is 0. The summed E-state index contributed by atoms with van der Waals surface area (Å²) < 4.78 is 0. The molecule has 2 radical (unpaired) electrons. The molecular formula is C6H8MgO3P+. The summed E-state index contributed by atoms with van der Waals surface area (Å²) in [6.07, 6.45) is 0. The highest BCUT2D eigenvalue weighted by molar-refractivity contribution is 7.66. The molecule has 1 rings (SSSR count). The van der Waals surface area contributed by atoms with Crippen molar-refractivity contribution in [3.63, 3.8) is 0 Å². The highest BCUT2D eigenvalue weighted by Gasteiger charge is 2.32. The van der Waals surface area contributed by atoms with E-state index in [1.165, 1.54) is 12.1 Å². The summed E-state index contributed by atoms with van der Waals surface area (Å²) in [4.78, 5) is 26.1. The number of hydrogen-bond donors (Lipinski definition) is 3. The van der Waals surface area contributed by atoms with Crippen LogP contribution in [0.2, 0.25) is 0 Å². The lowest BCUT2D eigenvalue weighted by molar-refractivity contribution is 0.347. The van der Waals surface area contributed by atoms with Gasteiger partial charge in [0, 0.05) is 23.1 Å². The van der Waals surface area contributed by atoms with Gasteiger partial charge in [-0.15, -0.1) is 0 Å². The molecule has 0 fully saturated rings. The van der Waals surface area contributed by atoms with E-state index < -0.39 is 7.94 Å². The van der Waals surface area contributed by atoms with Gasteiger partial charge in [0.2, 0.25) is 0 Å². The summed E-state index contributed by atoms with van der Waals surface area (Å²) in [7, 11) is -3.77. The molecule has 0 atom stereocenters. The zero-order chi connectivity index (χ0) is 7.61. The lowest BCUT2D eigenvalue weighted by atomic mass is 10.4. The predicted octanol–water partition coefficient (Wildman–Crippen LogP) is -0.329. The Morgan fingerprint density at radius 1 is 0.909 bits per heavy atom. The van der Waals surface area contributed by atoms with Crippen LogP contribution in [0.3, 0.4) is 0 Å². The van der Waals surface area contributed by atoms with Crippen LogP contribution < -0.4 is 5.30 Å². The molecule has 1 aromatic carbocycles. The fourth-order valence-electron chi connectivity index (χ4n) is 0.628. The van der Waals surface area contributed by atoms with Gasteiger partial charge in [-0.2, -0.15) is 14.7 Å². The van der Waals surface area contributed by atoms with Crippen LogP contribution >= 0.6 is 7.94 Å². The van der Waals surface area contributed by atoms with E-state index in [9.17, 15) is 0 Å². The van der Waals surface area contributed by atoms with Gasteiger partial charge in [0.05, 0.1) is 0 Å². The Balaban J connectivity index is 0.000001000. The summed E-state index contributed by atoms with van der Waals surface area (Å²) in [6, 6.07) is 7.93. The van der Waals surface area contributed by atoms with Crippen LogP contribution in [0.4, 0.5) is 0 Å². The van der Waals surface area contributed by atoms with Gasteiger partial charge in [-0.05, 0) is 12.1 Å². The Morgan fingerprint density at radius 2 is 1.36 bits per heavy atom. The molecule has 0 aliphatic heterocycles. The molecule has 3 N–H and O–H groups in total. The SMILES string of the molecule is O[P+](O)(O)c1ccccc1.[Mg]. The molecule has 0 heterocycles. The molecule has 0 saturated carbocycles.